The Morgan fingerprint density at radius 1 is 1.25 bits per heavy atom. The molecule has 0 unspecified atom stereocenters. The molecule has 1 fully saturated rings. The van der Waals surface area contributed by atoms with Gasteiger partial charge in [0.1, 0.15) is 5.25 Å². The van der Waals surface area contributed by atoms with Gasteiger partial charge in [-0.3, -0.25) is 0 Å². The van der Waals surface area contributed by atoms with Crippen LogP contribution in [-0.2, 0) is 19.9 Å². The molecule has 0 aromatic carbocycles. The van der Waals surface area contributed by atoms with Crippen molar-refractivity contribution in [2.75, 3.05) is 24.6 Å². The van der Waals surface area contributed by atoms with E-state index < -0.39 is 42.7 Å². The highest BCUT2D eigenvalue weighted by molar-refractivity contribution is 7.95. The Morgan fingerprint density at radius 2 is 1.75 bits per heavy atom. The molecule has 0 radical (unpaired) electrons. The van der Waals surface area contributed by atoms with Crippen LogP contribution in [0.5, 0.6) is 0 Å². The van der Waals surface area contributed by atoms with Crippen LogP contribution in [0.15, 0.2) is 0 Å². The summed E-state index contributed by atoms with van der Waals surface area (Å²) in [5, 5.41) is 8.30. The summed E-state index contributed by atoms with van der Waals surface area (Å²) in [6.45, 7) is 3.91. The van der Waals surface area contributed by atoms with Crippen molar-refractivity contribution in [2.24, 2.45) is 0 Å². The number of hydrogen-bond acceptors (Lipinski definition) is 5. The Kier molecular flexibility index (Phi) is 3.99. The van der Waals surface area contributed by atoms with E-state index >= 15 is 0 Å². The van der Waals surface area contributed by atoms with Crippen LogP contribution in [0.2, 0.25) is 0 Å². The quantitative estimate of drug-likeness (QED) is 0.694. The van der Waals surface area contributed by atoms with Gasteiger partial charge in [0.05, 0.1) is 17.6 Å². The van der Waals surface area contributed by atoms with Gasteiger partial charge in [-0.15, -0.1) is 0 Å². The molecule has 0 bridgehead atoms. The molecule has 0 saturated carbocycles. The first-order chi connectivity index (χ1) is 7.24. The molecule has 1 heterocycles. The molecular weight excluding hydrogens is 254 g/mol. The highest BCUT2D eigenvalue weighted by Crippen LogP contribution is 2.22. The largest absolute Gasteiger partial charge is 0.391 e. The number of hydrogen-bond donors (Lipinski definition) is 1. The molecule has 8 heteroatoms. The molecule has 0 aromatic rings. The van der Waals surface area contributed by atoms with E-state index in [4.69, 9.17) is 0 Å². The fourth-order valence-corrected chi connectivity index (χ4v) is 6.50. The number of rotatable bonds is 4. The maximum Gasteiger partial charge on any atom is 0.220 e. The maximum atomic E-state index is 12.0. The minimum atomic E-state index is -3.72. The Bertz CT molecular complexity index is 437. The number of sulfone groups is 1. The number of sulfonamides is 1. The van der Waals surface area contributed by atoms with E-state index in [-0.39, 0.29) is 13.1 Å². The standard InChI is InChI=1S/C8H17NO5S2/c1-3-9(4-2)16(13,14)8-6-15(11,12)5-7(8)10/h7-8,10H,3-6H2,1-2H3/t7-,8+/m1/s1. The molecule has 0 spiro atoms. The molecule has 0 amide bonds. The SMILES string of the molecule is CCN(CC)S(=O)(=O)[C@H]1CS(=O)(=O)C[C@H]1O. The second-order valence-electron chi connectivity index (χ2n) is 3.81. The third-order valence-corrected chi connectivity index (χ3v) is 7.13. The van der Waals surface area contributed by atoms with Crippen LogP contribution in [0.25, 0.3) is 0 Å². The fraction of sp³-hybridized carbons (Fsp3) is 1.00. The second-order valence-corrected chi connectivity index (χ2v) is 8.12. The molecule has 96 valence electrons. The Balaban J connectivity index is 3.02. The fourth-order valence-electron chi connectivity index (χ4n) is 1.86. The molecule has 1 rings (SSSR count). The van der Waals surface area contributed by atoms with Gasteiger partial charge in [-0.1, -0.05) is 13.8 Å². The zero-order chi connectivity index (χ0) is 12.6. The zero-order valence-electron chi connectivity index (χ0n) is 9.33. The van der Waals surface area contributed by atoms with E-state index in [2.05, 4.69) is 0 Å². The van der Waals surface area contributed by atoms with Crippen molar-refractivity contribution in [1.29, 1.82) is 0 Å². The van der Waals surface area contributed by atoms with Gasteiger partial charge in [0.25, 0.3) is 0 Å². The summed E-state index contributed by atoms with van der Waals surface area (Å²) in [6.07, 6.45) is -1.31. The Hall–Kier alpha value is -0.180. The van der Waals surface area contributed by atoms with Crippen LogP contribution < -0.4 is 0 Å². The van der Waals surface area contributed by atoms with Crippen LogP contribution in [0.3, 0.4) is 0 Å². The lowest BCUT2D eigenvalue weighted by molar-refractivity contribution is 0.201. The lowest BCUT2D eigenvalue weighted by atomic mass is 10.3. The molecule has 1 aliphatic heterocycles. The molecule has 1 aliphatic rings. The van der Waals surface area contributed by atoms with Gasteiger partial charge in [0.15, 0.2) is 9.84 Å². The topological polar surface area (TPSA) is 91.8 Å². The smallest absolute Gasteiger partial charge is 0.220 e. The first-order valence-corrected chi connectivity index (χ1v) is 8.44. The molecule has 1 N–H and O–H groups in total. The predicted molar refractivity (Wildman–Crippen MR) is 60.3 cm³/mol. The average Bonchev–Trinajstić information content (AvgIpc) is 2.42. The van der Waals surface area contributed by atoms with Gasteiger partial charge in [-0.05, 0) is 0 Å². The van der Waals surface area contributed by atoms with Gasteiger partial charge in [0, 0.05) is 13.1 Å². The van der Waals surface area contributed by atoms with E-state index in [0.29, 0.717) is 0 Å². The van der Waals surface area contributed by atoms with Crippen molar-refractivity contribution in [1.82, 2.24) is 4.31 Å². The van der Waals surface area contributed by atoms with E-state index in [1.54, 1.807) is 13.8 Å². The molecule has 0 aliphatic carbocycles. The first kappa shape index (κ1) is 13.9. The van der Waals surface area contributed by atoms with E-state index in [9.17, 15) is 21.9 Å². The summed E-state index contributed by atoms with van der Waals surface area (Å²) in [4.78, 5) is 0. The monoisotopic (exact) mass is 271 g/mol. The molecule has 1 saturated heterocycles. The van der Waals surface area contributed by atoms with Gasteiger partial charge >= 0.3 is 0 Å². The predicted octanol–water partition coefficient (Wildman–Crippen LogP) is -1.18. The zero-order valence-corrected chi connectivity index (χ0v) is 11.0. The first-order valence-electron chi connectivity index (χ1n) is 5.12. The highest BCUT2D eigenvalue weighted by atomic mass is 32.2. The number of nitrogens with zero attached hydrogens (tertiary/aromatic N) is 1. The van der Waals surface area contributed by atoms with Crippen molar-refractivity contribution >= 4 is 19.9 Å². The normalized spacial score (nSPS) is 29.8. The summed E-state index contributed by atoms with van der Waals surface area (Å²) in [6, 6.07) is 0. The minimum Gasteiger partial charge on any atom is -0.391 e. The van der Waals surface area contributed by atoms with E-state index in [1.807, 2.05) is 0 Å². The molecule has 16 heavy (non-hydrogen) atoms. The molecule has 2 atom stereocenters. The third kappa shape index (κ3) is 2.55. The molecular formula is C8H17NO5S2. The second kappa shape index (κ2) is 4.59. The van der Waals surface area contributed by atoms with Crippen LogP contribution in [0.4, 0.5) is 0 Å². The summed E-state index contributed by atoms with van der Waals surface area (Å²) in [7, 11) is -7.15. The lowest BCUT2D eigenvalue weighted by Crippen LogP contribution is -2.43. The van der Waals surface area contributed by atoms with Gasteiger partial charge < -0.3 is 5.11 Å². The maximum absolute atomic E-state index is 12.0. The van der Waals surface area contributed by atoms with Crippen molar-refractivity contribution in [3.05, 3.63) is 0 Å². The van der Waals surface area contributed by atoms with Crippen molar-refractivity contribution in [3.8, 4) is 0 Å². The minimum absolute atomic E-state index is 0.280. The van der Waals surface area contributed by atoms with Crippen LogP contribution in [0.1, 0.15) is 13.8 Å². The number of aliphatic hydroxyl groups is 1. The summed E-state index contributed by atoms with van der Waals surface area (Å²) < 4.78 is 47.7. The van der Waals surface area contributed by atoms with Crippen LogP contribution in [0, 0.1) is 0 Å². The lowest BCUT2D eigenvalue weighted by Gasteiger charge is -2.23. The van der Waals surface area contributed by atoms with Crippen molar-refractivity contribution in [3.63, 3.8) is 0 Å². The van der Waals surface area contributed by atoms with Crippen LogP contribution in [-0.4, -0.2) is 62.2 Å². The Labute approximate surface area is 96.2 Å². The van der Waals surface area contributed by atoms with E-state index in [0.717, 1.165) is 0 Å². The summed E-state index contributed by atoms with van der Waals surface area (Å²) in [5.74, 6) is -0.939. The number of aliphatic hydroxyl groups excluding tert-OH is 1. The van der Waals surface area contributed by atoms with Crippen LogP contribution >= 0.6 is 0 Å². The third-order valence-electron chi connectivity index (χ3n) is 2.72. The summed E-state index contributed by atoms with van der Waals surface area (Å²) >= 11 is 0. The van der Waals surface area contributed by atoms with Crippen molar-refractivity contribution < 1.29 is 21.9 Å². The molecule has 0 aromatic heterocycles. The van der Waals surface area contributed by atoms with Gasteiger partial charge in [-0.25, -0.2) is 21.1 Å². The molecule has 6 nitrogen and oxygen atoms in total. The van der Waals surface area contributed by atoms with Crippen molar-refractivity contribution in [2.45, 2.75) is 25.2 Å². The highest BCUT2D eigenvalue weighted by Gasteiger charge is 2.46. The average molecular weight is 271 g/mol. The van der Waals surface area contributed by atoms with Gasteiger partial charge in [-0.2, -0.15) is 0 Å². The Morgan fingerprint density at radius 3 is 2.06 bits per heavy atom. The summed E-state index contributed by atoms with van der Waals surface area (Å²) in [5.41, 5.74) is 0. The van der Waals surface area contributed by atoms with E-state index in [1.165, 1.54) is 4.31 Å². The van der Waals surface area contributed by atoms with Gasteiger partial charge in [0.2, 0.25) is 10.0 Å².